The van der Waals surface area contributed by atoms with Crippen LogP contribution in [0.4, 0.5) is 16.1 Å². The molecule has 8 heteroatoms. The molecule has 4 rings (SSSR count). The zero-order chi connectivity index (χ0) is 20.8. The summed E-state index contributed by atoms with van der Waals surface area (Å²) in [6, 6.07) is 14.9. The third kappa shape index (κ3) is 4.71. The van der Waals surface area contributed by atoms with E-state index >= 15 is 0 Å². The molecule has 7 nitrogen and oxygen atoms in total. The molecule has 1 aliphatic heterocycles. The van der Waals surface area contributed by atoms with Gasteiger partial charge in [-0.2, -0.15) is 4.98 Å². The Morgan fingerprint density at radius 2 is 1.83 bits per heavy atom. The van der Waals surface area contributed by atoms with Gasteiger partial charge in [-0.3, -0.25) is 4.90 Å². The number of piperazine rings is 1. The largest absolute Gasteiger partial charge is 0.495 e. The minimum Gasteiger partial charge on any atom is -0.495 e. The molecule has 0 bridgehead atoms. The second kappa shape index (κ2) is 9.58. The average molecular weight is 411 g/mol. The smallest absolute Gasteiger partial charge is 0.321 e. The lowest BCUT2D eigenvalue weighted by Gasteiger charge is -2.36. The SMILES string of the molecule is COc1ccccc1N1CCN(CCCNc2nc(-c3ccccc3F)no2)CC1. The van der Waals surface area contributed by atoms with Crippen LogP contribution < -0.4 is 15.0 Å². The van der Waals surface area contributed by atoms with E-state index in [2.05, 4.69) is 31.3 Å². The van der Waals surface area contributed by atoms with E-state index in [1.54, 1.807) is 25.3 Å². The zero-order valence-corrected chi connectivity index (χ0v) is 17.1. The number of rotatable bonds is 8. The number of hydrogen-bond acceptors (Lipinski definition) is 7. The van der Waals surface area contributed by atoms with Gasteiger partial charge in [0.05, 0.1) is 18.4 Å². The maximum atomic E-state index is 13.8. The lowest BCUT2D eigenvalue weighted by molar-refractivity contribution is 0.256. The van der Waals surface area contributed by atoms with Crippen LogP contribution in [0.1, 0.15) is 6.42 Å². The fraction of sp³-hybridized carbons (Fsp3) is 0.364. The predicted molar refractivity (Wildman–Crippen MR) is 114 cm³/mol. The van der Waals surface area contributed by atoms with E-state index in [1.807, 2.05) is 18.2 Å². The van der Waals surface area contributed by atoms with Gasteiger partial charge in [0.15, 0.2) is 0 Å². The molecule has 1 aliphatic rings. The van der Waals surface area contributed by atoms with Crippen molar-refractivity contribution in [2.75, 3.05) is 56.6 Å². The van der Waals surface area contributed by atoms with Crippen molar-refractivity contribution in [2.24, 2.45) is 0 Å². The number of aromatic nitrogens is 2. The molecular weight excluding hydrogens is 385 g/mol. The third-order valence-electron chi connectivity index (χ3n) is 5.27. The van der Waals surface area contributed by atoms with Crippen LogP contribution in [0.15, 0.2) is 53.1 Å². The number of benzene rings is 2. The van der Waals surface area contributed by atoms with Gasteiger partial charge in [0.25, 0.3) is 0 Å². The highest BCUT2D eigenvalue weighted by Crippen LogP contribution is 2.28. The molecule has 2 aromatic carbocycles. The van der Waals surface area contributed by atoms with Crippen LogP contribution in [0.25, 0.3) is 11.4 Å². The first kappa shape index (κ1) is 20.2. The van der Waals surface area contributed by atoms with E-state index in [-0.39, 0.29) is 11.6 Å². The first-order valence-electron chi connectivity index (χ1n) is 10.2. The Labute approximate surface area is 175 Å². The Balaban J connectivity index is 1.20. The second-order valence-corrected chi connectivity index (χ2v) is 7.18. The normalized spacial score (nSPS) is 14.7. The van der Waals surface area contributed by atoms with Crippen molar-refractivity contribution in [3.63, 3.8) is 0 Å². The van der Waals surface area contributed by atoms with Gasteiger partial charge in [0.1, 0.15) is 11.6 Å². The van der Waals surface area contributed by atoms with E-state index in [0.29, 0.717) is 18.1 Å². The first-order valence-corrected chi connectivity index (χ1v) is 10.2. The minimum absolute atomic E-state index is 0.253. The molecule has 2 heterocycles. The number of nitrogens with zero attached hydrogens (tertiary/aromatic N) is 4. The number of para-hydroxylation sites is 2. The maximum absolute atomic E-state index is 13.8. The summed E-state index contributed by atoms with van der Waals surface area (Å²) in [5, 5.41) is 6.98. The van der Waals surface area contributed by atoms with Crippen molar-refractivity contribution >= 4 is 11.7 Å². The summed E-state index contributed by atoms with van der Waals surface area (Å²) < 4.78 is 24.5. The van der Waals surface area contributed by atoms with E-state index in [1.165, 1.54) is 6.07 Å². The van der Waals surface area contributed by atoms with Crippen molar-refractivity contribution in [3.8, 4) is 17.1 Å². The Kier molecular flexibility index (Phi) is 6.44. The Bertz CT molecular complexity index is 956. The molecule has 3 aromatic rings. The highest BCUT2D eigenvalue weighted by Gasteiger charge is 2.19. The molecule has 0 spiro atoms. The molecule has 158 valence electrons. The van der Waals surface area contributed by atoms with Crippen LogP contribution in [0.3, 0.4) is 0 Å². The van der Waals surface area contributed by atoms with Crippen molar-refractivity contribution < 1.29 is 13.7 Å². The Morgan fingerprint density at radius 3 is 2.63 bits per heavy atom. The molecule has 0 atom stereocenters. The highest BCUT2D eigenvalue weighted by atomic mass is 19.1. The van der Waals surface area contributed by atoms with Crippen LogP contribution in [0.2, 0.25) is 0 Å². The molecule has 1 aromatic heterocycles. The van der Waals surface area contributed by atoms with Crippen LogP contribution in [0, 0.1) is 5.82 Å². The van der Waals surface area contributed by atoms with E-state index in [0.717, 1.165) is 50.6 Å². The molecule has 0 aliphatic carbocycles. The van der Waals surface area contributed by atoms with Gasteiger partial charge in [-0.05, 0) is 37.2 Å². The van der Waals surface area contributed by atoms with Gasteiger partial charge in [-0.25, -0.2) is 4.39 Å². The molecule has 0 radical (unpaired) electrons. The molecular formula is C22H26FN5O2. The molecule has 30 heavy (non-hydrogen) atoms. The molecule has 0 saturated carbocycles. The Hall–Kier alpha value is -3.13. The van der Waals surface area contributed by atoms with Gasteiger partial charge >= 0.3 is 6.01 Å². The van der Waals surface area contributed by atoms with Gasteiger partial charge < -0.3 is 19.5 Å². The quantitative estimate of drug-likeness (QED) is 0.569. The molecule has 1 N–H and O–H groups in total. The summed E-state index contributed by atoms with van der Waals surface area (Å²) >= 11 is 0. The number of methoxy groups -OCH3 is 1. The maximum Gasteiger partial charge on any atom is 0.321 e. The summed E-state index contributed by atoms with van der Waals surface area (Å²) in [4.78, 5) is 9.05. The molecule has 0 unspecified atom stereocenters. The van der Waals surface area contributed by atoms with Crippen molar-refractivity contribution in [2.45, 2.75) is 6.42 Å². The van der Waals surface area contributed by atoms with Crippen molar-refractivity contribution in [1.29, 1.82) is 0 Å². The fourth-order valence-electron chi connectivity index (χ4n) is 3.65. The standard InChI is InChI=1S/C22H26FN5O2/c1-29-20-10-5-4-9-19(20)28-15-13-27(14-16-28)12-6-11-24-22-25-21(26-30-22)17-7-2-3-8-18(17)23/h2-5,7-10H,6,11-16H2,1H3,(H,24,25,26). The van der Waals surface area contributed by atoms with Gasteiger partial charge in [0.2, 0.25) is 5.82 Å². The second-order valence-electron chi connectivity index (χ2n) is 7.18. The van der Waals surface area contributed by atoms with Crippen LogP contribution in [-0.4, -0.2) is 61.4 Å². The van der Waals surface area contributed by atoms with Crippen molar-refractivity contribution in [1.82, 2.24) is 15.0 Å². The number of ether oxygens (including phenoxy) is 1. The summed E-state index contributed by atoms with van der Waals surface area (Å²) in [6.07, 6.45) is 0.950. The first-order chi connectivity index (χ1) is 14.7. The molecule has 1 saturated heterocycles. The molecule has 1 fully saturated rings. The Morgan fingerprint density at radius 1 is 1.07 bits per heavy atom. The van der Waals surface area contributed by atoms with E-state index < -0.39 is 0 Å². The highest BCUT2D eigenvalue weighted by molar-refractivity contribution is 5.58. The number of anilines is 2. The summed E-state index contributed by atoms with van der Waals surface area (Å²) in [6.45, 7) is 5.67. The fourth-order valence-corrected chi connectivity index (χ4v) is 3.65. The zero-order valence-electron chi connectivity index (χ0n) is 17.1. The number of nitrogens with one attached hydrogen (secondary N) is 1. The van der Waals surface area contributed by atoms with Gasteiger partial charge in [-0.1, -0.05) is 29.4 Å². The van der Waals surface area contributed by atoms with E-state index in [9.17, 15) is 4.39 Å². The summed E-state index contributed by atoms with van der Waals surface area (Å²) in [7, 11) is 1.71. The topological polar surface area (TPSA) is 66.7 Å². The van der Waals surface area contributed by atoms with Crippen molar-refractivity contribution in [3.05, 3.63) is 54.3 Å². The van der Waals surface area contributed by atoms with Gasteiger partial charge in [0, 0.05) is 32.7 Å². The summed E-state index contributed by atoms with van der Waals surface area (Å²) in [5.41, 5.74) is 1.49. The third-order valence-corrected chi connectivity index (χ3v) is 5.27. The van der Waals surface area contributed by atoms with Crippen LogP contribution in [0.5, 0.6) is 5.75 Å². The van der Waals surface area contributed by atoms with Crippen LogP contribution >= 0.6 is 0 Å². The monoisotopic (exact) mass is 411 g/mol. The minimum atomic E-state index is -0.364. The average Bonchev–Trinajstić information content (AvgIpc) is 3.26. The van der Waals surface area contributed by atoms with E-state index in [4.69, 9.17) is 9.26 Å². The van der Waals surface area contributed by atoms with Crippen LogP contribution in [-0.2, 0) is 0 Å². The lowest BCUT2D eigenvalue weighted by atomic mass is 10.2. The van der Waals surface area contributed by atoms with Gasteiger partial charge in [-0.15, -0.1) is 0 Å². The number of halogens is 1. The molecule has 0 amide bonds. The summed E-state index contributed by atoms with van der Waals surface area (Å²) in [5.74, 6) is 0.810. The lowest BCUT2D eigenvalue weighted by Crippen LogP contribution is -2.46. The number of hydrogen-bond donors (Lipinski definition) is 1. The predicted octanol–water partition coefficient (Wildman–Crippen LogP) is 3.51.